The van der Waals surface area contributed by atoms with Gasteiger partial charge >= 0.3 is 0 Å². The van der Waals surface area contributed by atoms with Crippen LogP contribution in [0, 0.1) is 0 Å². The Labute approximate surface area is 169 Å². The summed E-state index contributed by atoms with van der Waals surface area (Å²) in [5.74, 6) is 2.35. The first-order valence-corrected chi connectivity index (χ1v) is 10.5. The fraction of sp³-hybridized carbons (Fsp3) is 0.500. The van der Waals surface area contributed by atoms with Crippen LogP contribution in [0.1, 0.15) is 51.5 Å². The van der Waals surface area contributed by atoms with E-state index in [-0.39, 0.29) is 12.2 Å². The molecule has 3 atom stereocenters. The lowest BCUT2D eigenvalue weighted by Crippen LogP contribution is -2.23. The summed E-state index contributed by atoms with van der Waals surface area (Å²) in [6.07, 6.45) is 3.61. The second-order valence-corrected chi connectivity index (χ2v) is 7.63. The third kappa shape index (κ3) is 5.90. The average molecular weight is 384 g/mol. The number of hydrogen-bond acceptors (Lipinski definition) is 4. The van der Waals surface area contributed by atoms with Gasteiger partial charge in [0.25, 0.3) is 0 Å². The highest BCUT2D eigenvalue weighted by molar-refractivity contribution is 5.48. The van der Waals surface area contributed by atoms with Crippen LogP contribution in [0.5, 0.6) is 11.5 Å². The van der Waals surface area contributed by atoms with E-state index in [4.69, 9.17) is 14.2 Å². The predicted octanol–water partition coefficient (Wildman–Crippen LogP) is 5.64. The highest BCUT2D eigenvalue weighted by Gasteiger charge is 2.16. The highest BCUT2D eigenvalue weighted by Crippen LogP contribution is 2.29. The Hall–Kier alpha value is -2.20. The smallest absolute Gasteiger partial charge is 0.123 e. The lowest BCUT2D eigenvalue weighted by Gasteiger charge is -2.21. The van der Waals surface area contributed by atoms with Crippen LogP contribution < -0.4 is 14.8 Å². The van der Waals surface area contributed by atoms with Gasteiger partial charge in [-0.2, -0.15) is 0 Å². The Balaban J connectivity index is 1.50. The normalized spacial score (nSPS) is 18.5. The molecule has 1 aliphatic heterocycles. The fourth-order valence-corrected chi connectivity index (χ4v) is 3.40. The number of nitrogens with one attached hydrogen (secondary N) is 1. The Bertz CT molecular complexity index is 727. The van der Waals surface area contributed by atoms with Gasteiger partial charge in [0.2, 0.25) is 0 Å². The third-order valence-corrected chi connectivity index (χ3v) is 5.28. The molecule has 3 rings (SSSR count). The van der Waals surface area contributed by atoms with E-state index in [1.807, 2.05) is 24.3 Å². The number of rotatable bonds is 10. The standard InChI is InChI=1S/C24H33NO3/c1-4-18(2)23-12-5-6-13-24(23)28-19(3)16-25-20-9-7-10-21(15-20)27-17-22-11-8-14-26-22/h5-7,9-10,12-13,15,18-19,22,25H,4,8,11,14,16-17H2,1-3H3. The zero-order valence-corrected chi connectivity index (χ0v) is 17.3. The van der Waals surface area contributed by atoms with Gasteiger partial charge < -0.3 is 19.5 Å². The molecule has 1 aliphatic rings. The molecule has 0 saturated carbocycles. The van der Waals surface area contributed by atoms with Gasteiger partial charge in [-0.3, -0.25) is 0 Å². The first-order chi connectivity index (χ1) is 13.7. The van der Waals surface area contributed by atoms with Gasteiger partial charge in [0, 0.05) is 18.4 Å². The summed E-state index contributed by atoms with van der Waals surface area (Å²) in [5, 5.41) is 3.46. The minimum absolute atomic E-state index is 0.0571. The van der Waals surface area contributed by atoms with Gasteiger partial charge in [-0.05, 0) is 55.9 Å². The Morgan fingerprint density at radius 3 is 2.79 bits per heavy atom. The molecule has 3 unspecified atom stereocenters. The first-order valence-electron chi connectivity index (χ1n) is 10.5. The fourth-order valence-electron chi connectivity index (χ4n) is 3.40. The minimum Gasteiger partial charge on any atom is -0.491 e. The van der Waals surface area contributed by atoms with Crippen molar-refractivity contribution in [3.63, 3.8) is 0 Å². The molecule has 0 aromatic heterocycles. The third-order valence-electron chi connectivity index (χ3n) is 5.28. The number of anilines is 1. The van der Waals surface area contributed by atoms with Gasteiger partial charge in [0.05, 0.1) is 12.6 Å². The minimum atomic E-state index is 0.0571. The zero-order chi connectivity index (χ0) is 19.8. The molecule has 2 aromatic carbocycles. The second kappa shape index (κ2) is 10.4. The molecule has 28 heavy (non-hydrogen) atoms. The van der Waals surface area contributed by atoms with Crippen molar-refractivity contribution in [2.45, 2.75) is 58.2 Å². The largest absolute Gasteiger partial charge is 0.491 e. The number of hydrogen-bond donors (Lipinski definition) is 1. The van der Waals surface area contributed by atoms with Crippen LogP contribution >= 0.6 is 0 Å². The van der Waals surface area contributed by atoms with Crippen molar-refractivity contribution >= 4 is 5.69 Å². The Morgan fingerprint density at radius 1 is 1.14 bits per heavy atom. The summed E-state index contributed by atoms with van der Waals surface area (Å²) in [6.45, 7) is 8.75. The van der Waals surface area contributed by atoms with Crippen molar-refractivity contribution in [1.82, 2.24) is 0 Å². The molecule has 1 heterocycles. The molecule has 0 bridgehead atoms. The van der Waals surface area contributed by atoms with Crippen molar-refractivity contribution < 1.29 is 14.2 Å². The zero-order valence-electron chi connectivity index (χ0n) is 17.3. The summed E-state index contributed by atoms with van der Waals surface area (Å²) < 4.78 is 17.7. The molecule has 4 nitrogen and oxygen atoms in total. The van der Waals surface area contributed by atoms with Crippen molar-refractivity contribution in [1.29, 1.82) is 0 Å². The summed E-state index contributed by atoms with van der Waals surface area (Å²) in [7, 11) is 0. The summed E-state index contributed by atoms with van der Waals surface area (Å²) in [5.41, 5.74) is 2.32. The second-order valence-electron chi connectivity index (χ2n) is 7.63. The maximum Gasteiger partial charge on any atom is 0.123 e. The SMILES string of the molecule is CCC(C)c1ccccc1OC(C)CNc1cccc(OCC2CCCO2)c1. The van der Waals surface area contributed by atoms with E-state index in [9.17, 15) is 0 Å². The van der Waals surface area contributed by atoms with Crippen LogP contribution in [0.2, 0.25) is 0 Å². The van der Waals surface area contributed by atoms with Crippen molar-refractivity contribution in [3.8, 4) is 11.5 Å². The molecular formula is C24H33NO3. The molecule has 0 spiro atoms. The van der Waals surface area contributed by atoms with Crippen LogP contribution in [0.25, 0.3) is 0 Å². The molecule has 4 heteroatoms. The molecule has 152 valence electrons. The number of ether oxygens (including phenoxy) is 3. The van der Waals surface area contributed by atoms with Crippen LogP contribution in [0.3, 0.4) is 0 Å². The molecule has 1 fully saturated rings. The molecule has 1 N–H and O–H groups in total. The van der Waals surface area contributed by atoms with E-state index in [1.165, 1.54) is 5.56 Å². The topological polar surface area (TPSA) is 39.7 Å². The number of para-hydroxylation sites is 1. The first kappa shape index (κ1) is 20.5. The van der Waals surface area contributed by atoms with Crippen LogP contribution in [0.4, 0.5) is 5.69 Å². The molecule has 0 aliphatic carbocycles. The van der Waals surface area contributed by atoms with Gasteiger partial charge in [-0.25, -0.2) is 0 Å². The van der Waals surface area contributed by atoms with Gasteiger partial charge in [0.1, 0.15) is 24.2 Å². The average Bonchev–Trinajstić information content (AvgIpc) is 3.25. The lowest BCUT2D eigenvalue weighted by atomic mass is 9.98. The van der Waals surface area contributed by atoms with E-state index >= 15 is 0 Å². The predicted molar refractivity (Wildman–Crippen MR) is 115 cm³/mol. The highest BCUT2D eigenvalue weighted by atomic mass is 16.5. The van der Waals surface area contributed by atoms with Crippen LogP contribution in [-0.4, -0.2) is 32.0 Å². The molecule has 1 saturated heterocycles. The van der Waals surface area contributed by atoms with Gasteiger partial charge in [0.15, 0.2) is 0 Å². The van der Waals surface area contributed by atoms with Crippen molar-refractivity contribution in [3.05, 3.63) is 54.1 Å². The van der Waals surface area contributed by atoms with E-state index in [2.05, 4.69) is 50.4 Å². The van der Waals surface area contributed by atoms with E-state index in [1.54, 1.807) is 0 Å². The molecular weight excluding hydrogens is 350 g/mol. The summed E-state index contributed by atoms with van der Waals surface area (Å²) in [6, 6.07) is 16.4. The van der Waals surface area contributed by atoms with E-state index in [0.717, 1.165) is 49.6 Å². The number of benzene rings is 2. The maximum absolute atomic E-state index is 6.23. The van der Waals surface area contributed by atoms with Crippen LogP contribution in [0.15, 0.2) is 48.5 Å². The Kier molecular flexibility index (Phi) is 7.61. The quantitative estimate of drug-likeness (QED) is 0.576. The van der Waals surface area contributed by atoms with E-state index in [0.29, 0.717) is 12.5 Å². The summed E-state index contributed by atoms with van der Waals surface area (Å²) >= 11 is 0. The van der Waals surface area contributed by atoms with Crippen LogP contribution in [-0.2, 0) is 4.74 Å². The van der Waals surface area contributed by atoms with E-state index < -0.39 is 0 Å². The van der Waals surface area contributed by atoms with Crippen molar-refractivity contribution in [2.75, 3.05) is 25.1 Å². The van der Waals surface area contributed by atoms with Gasteiger partial charge in [-0.15, -0.1) is 0 Å². The summed E-state index contributed by atoms with van der Waals surface area (Å²) in [4.78, 5) is 0. The lowest BCUT2D eigenvalue weighted by molar-refractivity contribution is 0.0680. The maximum atomic E-state index is 6.23. The van der Waals surface area contributed by atoms with Gasteiger partial charge in [-0.1, -0.05) is 38.1 Å². The molecule has 0 amide bonds. The molecule has 0 radical (unpaired) electrons. The van der Waals surface area contributed by atoms with Crippen molar-refractivity contribution in [2.24, 2.45) is 0 Å². The monoisotopic (exact) mass is 383 g/mol. The molecule has 2 aromatic rings. The Morgan fingerprint density at radius 2 is 2.00 bits per heavy atom.